The van der Waals surface area contributed by atoms with Gasteiger partial charge >= 0.3 is 0 Å². The second-order valence-corrected chi connectivity index (χ2v) is 7.63. The molecule has 0 saturated heterocycles. The first-order valence-electron chi connectivity index (χ1n) is 9.92. The molecule has 162 valence electrons. The molecule has 0 radical (unpaired) electrons. The first-order valence-corrected chi connectivity index (χ1v) is 10.3. The predicted octanol–water partition coefficient (Wildman–Crippen LogP) is 5.70. The number of nitrogens with one attached hydrogen (secondary N) is 2. The van der Waals surface area contributed by atoms with Gasteiger partial charge in [-0.05, 0) is 42.5 Å². The number of para-hydroxylation sites is 2. The zero-order valence-electron chi connectivity index (χ0n) is 16.9. The first-order chi connectivity index (χ1) is 16.0. The van der Waals surface area contributed by atoms with Crippen molar-refractivity contribution in [2.24, 2.45) is 0 Å². The summed E-state index contributed by atoms with van der Waals surface area (Å²) in [7, 11) is 0. The quantitative estimate of drug-likeness (QED) is 0.360. The lowest BCUT2D eigenvalue weighted by Crippen LogP contribution is -2.18. The van der Waals surface area contributed by atoms with E-state index in [0.717, 1.165) is 6.07 Å². The van der Waals surface area contributed by atoms with Gasteiger partial charge in [-0.15, -0.1) is 0 Å². The van der Waals surface area contributed by atoms with Gasteiger partial charge in [0.2, 0.25) is 5.76 Å². The van der Waals surface area contributed by atoms with Gasteiger partial charge in [-0.3, -0.25) is 14.4 Å². The maximum absolute atomic E-state index is 13.0. The molecule has 7 nitrogen and oxygen atoms in total. The Kier molecular flexibility index (Phi) is 5.16. The predicted molar refractivity (Wildman–Crippen MR) is 126 cm³/mol. The fourth-order valence-electron chi connectivity index (χ4n) is 3.47. The highest BCUT2D eigenvalue weighted by atomic mass is 35.5. The van der Waals surface area contributed by atoms with Crippen molar-refractivity contribution in [3.05, 3.63) is 106 Å². The third-order valence-electron chi connectivity index (χ3n) is 4.98. The Hall–Kier alpha value is -4.36. The number of amides is 2. The summed E-state index contributed by atoms with van der Waals surface area (Å²) in [5, 5.41) is 6.71. The molecule has 0 aliphatic carbocycles. The molecule has 33 heavy (non-hydrogen) atoms. The highest BCUT2D eigenvalue weighted by Crippen LogP contribution is 2.32. The maximum atomic E-state index is 13.0. The molecule has 0 bridgehead atoms. The summed E-state index contributed by atoms with van der Waals surface area (Å²) in [5.41, 5.74) is 0.963. The van der Waals surface area contributed by atoms with Crippen LogP contribution in [0.5, 0.6) is 0 Å². The Bertz CT molecular complexity index is 1600. The van der Waals surface area contributed by atoms with Crippen LogP contribution >= 0.6 is 11.6 Å². The van der Waals surface area contributed by atoms with Gasteiger partial charge in [-0.2, -0.15) is 0 Å². The van der Waals surface area contributed by atoms with Crippen LogP contribution in [0.1, 0.15) is 21.1 Å². The van der Waals surface area contributed by atoms with Crippen molar-refractivity contribution < 1.29 is 18.4 Å². The Morgan fingerprint density at radius 3 is 2.18 bits per heavy atom. The second-order valence-electron chi connectivity index (χ2n) is 7.19. The van der Waals surface area contributed by atoms with Crippen LogP contribution in [0.25, 0.3) is 21.9 Å². The Morgan fingerprint density at radius 1 is 0.727 bits per heavy atom. The van der Waals surface area contributed by atoms with E-state index in [9.17, 15) is 14.4 Å². The molecular weight excluding hydrogens is 444 g/mol. The van der Waals surface area contributed by atoms with E-state index in [1.54, 1.807) is 72.8 Å². The molecule has 2 N–H and O–H groups in total. The van der Waals surface area contributed by atoms with Gasteiger partial charge in [-0.25, -0.2) is 0 Å². The van der Waals surface area contributed by atoms with Crippen LogP contribution in [-0.2, 0) is 0 Å². The third-order valence-corrected chi connectivity index (χ3v) is 5.22. The van der Waals surface area contributed by atoms with Crippen LogP contribution in [0, 0.1) is 0 Å². The molecule has 2 amide bonds. The number of hydrogen-bond acceptors (Lipinski definition) is 5. The Balaban J connectivity index is 1.53. The van der Waals surface area contributed by atoms with Crippen molar-refractivity contribution in [3.63, 3.8) is 0 Å². The van der Waals surface area contributed by atoms with Crippen LogP contribution in [0.15, 0.2) is 92.5 Å². The molecule has 8 heteroatoms. The van der Waals surface area contributed by atoms with Crippen molar-refractivity contribution in [1.29, 1.82) is 0 Å². The topological polar surface area (TPSA) is 102 Å². The fraction of sp³-hybridized carbons (Fsp3) is 0. The van der Waals surface area contributed by atoms with Crippen molar-refractivity contribution in [2.75, 3.05) is 10.6 Å². The highest BCUT2D eigenvalue weighted by Gasteiger charge is 2.24. The number of hydrogen-bond donors (Lipinski definition) is 2. The summed E-state index contributed by atoms with van der Waals surface area (Å²) in [6.45, 7) is 0. The maximum Gasteiger partial charge on any atom is 0.293 e. The minimum Gasteiger partial charge on any atom is -0.451 e. The number of benzene rings is 3. The summed E-state index contributed by atoms with van der Waals surface area (Å²) in [6.07, 6.45) is 0. The van der Waals surface area contributed by atoms with Gasteiger partial charge in [0.1, 0.15) is 16.9 Å². The molecule has 0 spiro atoms. The van der Waals surface area contributed by atoms with E-state index in [0.29, 0.717) is 27.1 Å². The van der Waals surface area contributed by atoms with Crippen LogP contribution in [0.3, 0.4) is 0 Å². The summed E-state index contributed by atoms with van der Waals surface area (Å²) in [6, 6.07) is 21.3. The minimum absolute atomic E-state index is 0.104. The molecule has 0 aliphatic rings. The minimum atomic E-state index is -0.693. The number of anilines is 2. The summed E-state index contributed by atoms with van der Waals surface area (Å²) in [5.74, 6) is -1.57. The molecule has 3 aromatic carbocycles. The number of carbonyl (C=O) groups is 2. The van der Waals surface area contributed by atoms with Gasteiger partial charge in [0.25, 0.3) is 11.8 Å². The number of halogens is 1. The Labute approximate surface area is 191 Å². The molecule has 0 fully saturated rings. The van der Waals surface area contributed by atoms with Crippen molar-refractivity contribution in [1.82, 2.24) is 0 Å². The molecule has 5 aromatic rings. The third kappa shape index (κ3) is 3.97. The number of rotatable bonds is 4. The van der Waals surface area contributed by atoms with E-state index in [1.165, 1.54) is 0 Å². The summed E-state index contributed by atoms with van der Waals surface area (Å²) < 4.78 is 11.4. The molecule has 2 aromatic heterocycles. The van der Waals surface area contributed by atoms with Crippen molar-refractivity contribution in [2.45, 2.75) is 0 Å². The average molecular weight is 459 g/mol. The van der Waals surface area contributed by atoms with E-state index >= 15 is 0 Å². The lowest BCUT2D eigenvalue weighted by molar-refractivity contribution is 0.0996. The number of furan rings is 1. The van der Waals surface area contributed by atoms with Crippen molar-refractivity contribution in [3.8, 4) is 0 Å². The van der Waals surface area contributed by atoms with E-state index in [1.807, 2.05) is 0 Å². The zero-order chi connectivity index (χ0) is 22.9. The molecule has 0 atom stereocenters. The smallest absolute Gasteiger partial charge is 0.293 e. The van der Waals surface area contributed by atoms with Gasteiger partial charge < -0.3 is 19.5 Å². The van der Waals surface area contributed by atoms with Crippen LogP contribution in [0.4, 0.5) is 11.4 Å². The fourth-order valence-corrected chi connectivity index (χ4v) is 3.66. The SMILES string of the molecule is O=C(Nc1c(C(=O)Nc2cccc(Cl)c2)oc2ccccc12)c1cc(=O)c2ccccc2o1. The normalized spacial score (nSPS) is 10.9. The van der Waals surface area contributed by atoms with Crippen LogP contribution < -0.4 is 16.1 Å². The number of carbonyl (C=O) groups excluding carboxylic acids is 2. The standard InChI is InChI=1S/C25H15ClN2O5/c26-14-6-5-7-15(12-14)27-25(31)23-22(17-9-2-4-11-20(17)33-23)28-24(30)21-13-18(29)16-8-1-3-10-19(16)32-21/h1-13H,(H,27,31)(H,28,30). The van der Waals surface area contributed by atoms with E-state index in [4.69, 9.17) is 20.4 Å². The lowest BCUT2D eigenvalue weighted by Gasteiger charge is -2.08. The average Bonchev–Trinajstić information content (AvgIpc) is 3.17. The van der Waals surface area contributed by atoms with E-state index in [2.05, 4.69) is 10.6 Å². The second kappa shape index (κ2) is 8.29. The zero-order valence-corrected chi connectivity index (χ0v) is 17.7. The van der Waals surface area contributed by atoms with Gasteiger partial charge in [0.05, 0.1) is 5.39 Å². The van der Waals surface area contributed by atoms with E-state index < -0.39 is 11.8 Å². The molecule has 2 heterocycles. The molecule has 5 rings (SSSR count). The summed E-state index contributed by atoms with van der Waals surface area (Å²) >= 11 is 5.99. The molecule has 0 aliphatic heterocycles. The van der Waals surface area contributed by atoms with Crippen molar-refractivity contribution >= 4 is 56.7 Å². The molecular formula is C25H15ClN2O5. The van der Waals surface area contributed by atoms with Crippen LogP contribution in [0.2, 0.25) is 5.02 Å². The van der Waals surface area contributed by atoms with Gasteiger partial charge in [0.15, 0.2) is 11.2 Å². The Morgan fingerprint density at radius 2 is 1.42 bits per heavy atom. The first kappa shape index (κ1) is 20.5. The number of fused-ring (bicyclic) bond motifs is 2. The highest BCUT2D eigenvalue weighted by molar-refractivity contribution is 6.31. The van der Waals surface area contributed by atoms with Gasteiger partial charge in [-0.1, -0.05) is 41.9 Å². The lowest BCUT2D eigenvalue weighted by atomic mass is 10.2. The van der Waals surface area contributed by atoms with E-state index in [-0.39, 0.29) is 28.2 Å². The van der Waals surface area contributed by atoms with Crippen LogP contribution in [-0.4, -0.2) is 11.8 Å². The summed E-state index contributed by atoms with van der Waals surface area (Å²) in [4.78, 5) is 38.4. The monoisotopic (exact) mass is 458 g/mol. The molecule has 0 saturated carbocycles. The van der Waals surface area contributed by atoms with Gasteiger partial charge in [0, 0.05) is 22.2 Å². The largest absolute Gasteiger partial charge is 0.451 e. The molecule has 0 unspecified atom stereocenters.